The lowest BCUT2D eigenvalue weighted by Gasteiger charge is -2.14. The molecule has 20 heavy (non-hydrogen) atoms. The van der Waals surface area contributed by atoms with Crippen molar-refractivity contribution in [3.63, 3.8) is 0 Å². The van der Waals surface area contributed by atoms with Crippen LogP contribution >= 0.6 is 0 Å². The van der Waals surface area contributed by atoms with Crippen LogP contribution in [0.3, 0.4) is 0 Å². The number of hydrogen-bond acceptors (Lipinski definition) is 3. The van der Waals surface area contributed by atoms with Crippen LogP contribution in [0.4, 0.5) is 5.69 Å². The van der Waals surface area contributed by atoms with Gasteiger partial charge in [0.2, 0.25) is 0 Å². The standard InChI is InChI=1S/C16H21N3O/c1-3-19-11-12(10-17-19)8-16(20)14-4-5-15-13(9-14)6-7-18(15)2/h4-5,9-11,16,20H,3,6-8H2,1-2H3. The Kier molecular flexibility index (Phi) is 3.49. The molecule has 106 valence electrons. The van der Waals surface area contributed by atoms with E-state index >= 15 is 0 Å². The summed E-state index contributed by atoms with van der Waals surface area (Å²) in [5.41, 5.74) is 4.72. The molecule has 0 fully saturated rings. The number of fused-ring (bicyclic) bond motifs is 1. The predicted octanol–water partition coefficient (Wildman–Crippen LogP) is 2.17. The normalized spacial score (nSPS) is 15.4. The summed E-state index contributed by atoms with van der Waals surface area (Å²) in [7, 11) is 2.11. The summed E-state index contributed by atoms with van der Waals surface area (Å²) in [6.07, 6.45) is 5.08. The van der Waals surface area contributed by atoms with Gasteiger partial charge in [-0.25, -0.2) is 0 Å². The van der Waals surface area contributed by atoms with Crippen molar-refractivity contribution in [2.45, 2.75) is 32.4 Å². The Morgan fingerprint density at radius 2 is 2.25 bits per heavy atom. The van der Waals surface area contributed by atoms with E-state index in [-0.39, 0.29) is 0 Å². The summed E-state index contributed by atoms with van der Waals surface area (Å²) < 4.78 is 1.89. The van der Waals surface area contributed by atoms with Crippen molar-refractivity contribution in [1.29, 1.82) is 0 Å². The molecule has 3 rings (SSSR count). The number of anilines is 1. The van der Waals surface area contributed by atoms with Crippen molar-refractivity contribution in [3.8, 4) is 0 Å². The van der Waals surface area contributed by atoms with Crippen molar-refractivity contribution in [2.75, 3.05) is 18.5 Å². The molecule has 0 amide bonds. The molecule has 0 spiro atoms. The topological polar surface area (TPSA) is 41.3 Å². The van der Waals surface area contributed by atoms with Crippen LogP contribution in [0.2, 0.25) is 0 Å². The van der Waals surface area contributed by atoms with E-state index in [9.17, 15) is 5.11 Å². The number of aliphatic hydroxyl groups excluding tert-OH is 1. The molecule has 1 aromatic heterocycles. The molecule has 2 heterocycles. The minimum absolute atomic E-state index is 0.458. The van der Waals surface area contributed by atoms with Crippen LogP contribution in [0.5, 0.6) is 0 Å². The third-order valence-electron chi connectivity index (χ3n) is 4.06. The van der Waals surface area contributed by atoms with E-state index in [1.165, 1.54) is 11.3 Å². The number of aliphatic hydroxyl groups is 1. The van der Waals surface area contributed by atoms with Crippen molar-refractivity contribution in [1.82, 2.24) is 9.78 Å². The SMILES string of the molecule is CCn1cc(CC(O)c2ccc3c(c2)CCN3C)cn1. The molecule has 0 saturated carbocycles. The van der Waals surface area contributed by atoms with Crippen LogP contribution in [0.1, 0.15) is 29.7 Å². The molecule has 1 aliphatic heterocycles. The number of benzene rings is 1. The monoisotopic (exact) mass is 271 g/mol. The summed E-state index contributed by atoms with van der Waals surface area (Å²) in [6.45, 7) is 3.99. The first-order chi connectivity index (χ1) is 9.67. The maximum atomic E-state index is 10.4. The molecule has 0 radical (unpaired) electrons. The van der Waals surface area contributed by atoms with Crippen LogP contribution in [-0.2, 0) is 19.4 Å². The maximum Gasteiger partial charge on any atom is 0.0831 e. The minimum Gasteiger partial charge on any atom is -0.388 e. The Hall–Kier alpha value is -1.81. The van der Waals surface area contributed by atoms with Crippen molar-refractivity contribution >= 4 is 5.69 Å². The Morgan fingerprint density at radius 1 is 1.40 bits per heavy atom. The molecule has 4 heteroatoms. The Bertz CT molecular complexity index is 606. The molecule has 1 aromatic carbocycles. The molecule has 0 bridgehead atoms. The fourth-order valence-electron chi connectivity index (χ4n) is 2.82. The summed E-state index contributed by atoms with van der Waals surface area (Å²) >= 11 is 0. The number of hydrogen-bond donors (Lipinski definition) is 1. The number of likely N-dealkylation sites (N-methyl/N-ethyl adjacent to an activating group) is 1. The quantitative estimate of drug-likeness (QED) is 0.926. The van der Waals surface area contributed by atoms with Gasteiger partial charge in [0.15, 0.2) is 0 Å². The minimum atomic E-state index is -0.458. The highest BCUT2D eigenvalue weighted by Crippen LogP contribution is 2.30. The van der Waals surface area contributed by atoms with Crippen LogP contribution < -0.4 is 4.90 Å². The fraction of sp³-hybridized carbons (Fsp3) is 0.438. The van der Waals surface area contributed by atoms with Crippen molar-refractivity contribution < 1.29 is 5.11 Å². The van der Waals surface area contributed by atoms with Gasteiger partial charge in [-0.15, -0.1) is 0 Å². The number of nitrogens with zero attached hydrogens (tertiary/aromatic N) is 3. The number of aromatic nitrogens is 2. The second-order valence-electron chi connectivity index (χ2n) is 5.48. The summed E-state index contributed by atoms with van der Waals surface area (Å²) in [5, 5.41) is 14.7. The second-order valence-corrected chi connectivity index (χ2v) is 5.48. The van der Waals surface area contributed by atoms with Gasteiger partial charge in [-0.2, -0.15) is 5.10 Å². The summed E-state index contributed by atoms with van der Waals surface area (Å²) in [6, 6.07) is 6.31. The van der Waals surface area contributed by atoms with Gasteiger partial charge >= 0.3 is 0 Å². The van der Waals surface area contributed by atoms with Crippen molar-refractivity contribution in [2.24, 2.45) is 0 Å². The van der Waals surface area contributed by atoms with E-state index in [1.807, 2.05) is 23.1 Å². The molecule has 1 unspecified atom stereocenters. The van der Waals surface area contributed by atoms with Crippen LogP contribution in [-0.4, -0.2) is 28.5 Å². The van der Waals surface area contributed by atoms with Gasteiger partial charge in [0.05, 0.1) is 12.3 Å². The zero-order valence-electron chi connectivity index (χ0n) is 12.1. The zero-order chi connectivity index (χ0) is 14.1. The smallest absolute Gasteiger partial charge is 0.0831 e. The van der Waals surface area contributed by atoms with Gasteiger partial charge in [0.25, 0.3) is 0 Å². The Labute approximate surface area is 119 Å². The number of rotatable bonds is 4. The van der Waals surface area contributed by atoms with Crippen molar-refractivity contribution in [3.05, 3.63) is 47.3 Å². The molecular formula is C16H21N3O. The molecular weight excluding hydrogens is 250 g/mol. The molecule has 1 N–H and O–H groups in total. The summed E-state index contributed by atoms with van der Waals surface area (Å²) in [5.74, 6) is 0. The van der Waals surface area contributed by atoms with Crippen LogP contribution in [0, 0.1) is 0 Å². The van der Waals surface area contributed by atoms with Gasteiger partial charge in [0.1, 0.15) is 0 Å². The number of aryl methyl sites for hydroxylation is 1. The third-order valence-corrected chi connectivity index (χ3v) is 4.06. The van der Waals surface area contributed by atoms with E-state index in [2.05, 4.69) is 36.1 Å². The third kappa shape index (κ3) is 2.43. The Morgan fingerprint density at radius 3 is 3.00 bits per heavy atom. The van der Waals surface area contributed by atoms with Crippen LogP contribution in [0.15, 0.2) is 30.6 Å². The van der Waals surface area contributed by atoms with Gasteiger partial charge in [-0.1, -0.05) is 12.1 Å². The molecule has 1 aliphatic rings. The molecule has 2 aromatic rings. The molecule has 0 saturated heterocycles. The highest BCUT2D eigenvalue weighted by molar-refractivity contribution is 5.58. The lowest BCUT2D eigenvalue weighted by molar-refractivity contribution is 0.178. The van der Waals surface area contributed by atoms with E-state index in [1.54, 1.807) is 0 Å². The molecule has 1 atom stereocenters. The second kappa shape index (κ2) is 5.29. The van der Waals surface area contributed by atoms with Gasteiger partial charge in [0, 0.05) is 38.4 Å². The van der Waals surface area contributed by atoms with Crippen LogP contribution in [0.25, 0.3) is 0 Å². The van der Waals surface area contributed by atoms with E-state index in [0.29, 0.717) is 6.42 Å². The van der Waals surface area contributed by atoms with E-state index < -0.39 is 6.10 Å². The first kappa shape index (κ1) is 13.2. The first-order valence-corrected chi connectivity index (χ1v) is 7.20. The largest absolute Gasteiger partial charge is 0.388 e. The highest BCUT2D eigenvalue weighted by Gasteiger charge is 2.18. The Balaban J connectivity index is 1.75. The average molecular weight is 271 g/mol. The van der Waals surface area contributed by atoms with Gasteiger partial charge in [-0.3, -0.25) is 4.68 Å². The highest BCUT2D eigenvalue weighted by atomic mass is 16.3. The first-order valence-electron chi connectivity index (χ1n) is 7.20. The van der Waals surface area contributed by atoms with Gasteiger partial charge < -0.3 is 10.0 Å². The molecule has 0 aliphatic carbocycles. The summed E-state index contributed by atoms with van der Waals surface area (Å²) in [4.78, 5) is 2.26. The fourth-order valence-corrected chi connectivity index (χ4v) is 2.82. The average Bonchev–Trinajstić information content (AvgIpc) is 3.05. The van der Waals surface area contributed by atoms with E-state index in [0.717, 1.165) is 30.6 Å². The zero-order valence-corrected chi connectivity index (χ0v) is 12.1. The lowest BCUT2D eigenvalue weighted by atomic mass is 10.0. The molecule has 4 nitrogen and oxygen atoms in total. The lowest BCUT2D eigenvalue weighted by Crippen LogP contribution is -2.12. The predicted molar refractivity (Wildman–Crippen MR) is 80.0 cm³/mol. The van der Waals surface area contributed by atoms with E-state index in [4.69, 9.17) is 0 Å². The maximum absolute atomic E-state index is 10.4. The van der Waals surface area contributed by atoms with Gasteiger partial charge in [-0.05, 0) is 36.1 Å².